The molecule has 1 N–H and O–H groups in total. The SMILES string of the molecule is CC1C(=O)N(C)c2ccc(S(=O)(=O)Nc3ccc(F)c(Cl)c3)cc21. The number of likely N-dealkylation sites (N-methyl/N-ethyl adjacent to an activating group) is 1. The summed E-state index contributed by atoms with van der Waals surface area (Å²) < 4.78 is 40.6. The lowest BCUT2D eigenvalue weighted by Gasteiger charge is -2.12. The molecular weight excluding hydrogens is 355 g/mol. The molecule has 0 aromatic heterocycles. The highest BCUT2D eigenvalue weighted by atomic mass is 35.5. The molecule has 0 radical (unpaired) electrons. The van der Waals surface area contributed by atoms with Crippen LogP contribution < -0.4 is 9.62 Å². The van der Waals surface area contributed by atoms with Crippen molar-refractivity contribution in [3.8, 4) is 0 Å². The molecule has 1 heterocycles. The zero-order valence-corrected chi connectivity index (χ0v) is 14.5. The van der Waals surface area contributed by atoms with Gasteiger partial charge in [0.2, 0.25) is 5.91 Å². The van der Waals surface area contributed by atoms with E-state index in [9.17, 15) is 17.6 Å². The molecule has 24 heavy (non-hydrogen) atoms. The zero-order valence-electron chi connectivity index (χ0n) is 12.9. The second kappa shape index (κ2) is 5.75. The normalized spacial score (nSPS) is 17.1. The van der Waals surface area contributed by atoms with Gasteiger partial charge < -0.3 is 4.90 Å². The fraction of sp³-hybridized carbons (Fsp3) is 0.188. The van der Waals surface area contributed by atoms with Crippen molar-refractivity contribution in [3.63, 3.8) is 0 Å². The first kappa shape index (κ1) is 16.7. The van der Waals surface area contributed by atoms with Gasteiger partial charge in [-0.15, -0.1) is 0 Å². The summed E-state index contributed by atoms with van der Waals surface area (Å²) in [7, 11) is -2.23. The van der Waals surface area contributed by atoms with Crippen LogP contribution in [-0.2, 0) is 14.8 Å². The summed E-state index contributed by atoms with van der Waals surface area (Å²) in [6, 6.07) is 8.07. The number of sulfonamides is 1. The molecule has 2 aromatic carbocycles. The highest BCUT2D eigenvalue weighted by Crippen LogP contribution is 2.37. The quantitative estimate of drug-likeness (QED) is 0.903. The minimum Gasteiger partial charge on any atom is -0.315 e. The number of hydrogen-bond donors (Lipinski definition) is 1. The summed E-state index contributed by atoms with van der Waals surface area (Å²) in [5.41, 5.74) is 1.50. The summed E-state index contributed by atoms with van der Waals surface area (Å²) in [6.45, 7) is 1.73. The van der Waals surface area contributed by atoms with Crippen molar-refractivity contribution >= 4 is 38.9 Å². The summed E-state index contributed by atoms with van der Waals surface area (Å²) in [5, 5.41) is -0.176. The molecular formula is C16H14ClFN2O3S. The van der Waals surface area contributed by atoms with E-state index in [1.54, 1.807) is 20.0 Å². The molecule has 1 aliphatic heterocycles. The fourth-order valence-electron chi connectivity index (χ4n) is 2.67. The predicted octanol–water partition coefficient (Wildman–Crippen LogP) is 3.36. The number of carbonyl (C=O) groups is 1. The number of fused-ring (bicyclic) bond motifs is 1. The molecule has 1 atom stereocenters. The first-order valence-corrected chi connectivity index (χ1v) is 8.96. The minimum atomic E-state index is -3.88. The van der Waals surface area contributed by atoms with Gasteiger partial charge in [-0.2, -0.15) is 0 Å². The van der Waals surface area contributed by atoms with E-state index in [0.29, 0.717) is 11.3 Å². The minimum absolute atomic E-state index is 0.0247. The average molecular weight is 369 g/mol. The number of nitrogens with one attached hydrogen (secondary N) is 1. The van der Waals surface area contributed by atoms with Crippen LogP contribution in [0, 0.1) is 5.82 Å². The Morgan fingerprint density at radius 2 is 1.92 bits per heavy atom. The molecule has 0 spiro atoms. The molecule has 1 unspecified atom stereocenters. The van der Waals surface area contributed by atoms with E-state index in [4.69, 9.17) is 11.6 Å². The van der Waals surface area contributed by atoms with Crippen LogP contribution in [-0.4, -0.2) is 21.4 Å². The van der Waals surface area contributed by atoms with Crippen molar-refractivity contribution in [1.29, 1.82) is 0 Å². The topological polar surface area (TPSA) is 66.5 Å². The third-order valence-electron chi connectivity index (χ3n) is 4.01. The first-order chi connectivity index (χ1) is 11.2. The summed E-state index contributed by atoms with van der Waals surface area (Å²) in [5.74, 6) is -1.12. The Morgan fingerprint density at radius 1 is 1.21 bits per heavy atom. The standard InChI is InChI=1S/C16H14ClFN2O3S/c1-9-12-8-11(4-6-15(12)20(2)16(9)21)24(22,23)19-10-3-5-14(18)13(17)7-10/h3-9,19H,1-2H3. The average Bonchev–Trinajstić information content (AvgIpc) is 2.75. The summed E-state index contributed by atoms with van der Waals surface area (Å²) >= 11 is 5.66. The van der Waals surface area contributed by atoms with E-state index in [0.717, 1.165) is 6.07 Å². The molecule has 126 valence electrons. The van der Waals surface area contributed by atoms with E-state index in [1.165, 1.54) is 29.2 Å². The van der Waals surface area contributed by atoms with Crippen molar-refractivity contribution in [3.05, 3.63) is 52.8 Å². The van der Waals surface area contributed by atoms with Crippen molar-refractivity contribution in [2.45, 2.75) is 17.7 Å². The van der Waals surface area contributed by atoms with Gasteiger partial charge in [-0.3, -0.25) is 9.52 Å². The van der Waals surface area contributed by atoms with Crippen molar-refractivity contribution in [2.75, 3.05) is 16.7 Å². The third-order valence-corrected chi connectivity index (χ3v) is 5.68. The first-order valence-electron chi connectivity index (χ1n) is 7.10. The summed E-state index contributed by atoms with van der Waals surface area (Å²) in [6.07, 6.45) is 0. The third kappa shape index (κ3) is 2.74. The lowest BCUT2D eigenvalue weighted by molar-refractivity contribution is -0.118. The molecule has 2 aromatic rings. The second-order valence-electron chi connectivity index (χ2n) is 5.57. The number of benzene rings is 2. The predicted molar refractivity (Wildman–Crippen MR) is 90.5 cm³/mol. The van der Waals surface area contributed by atoms with Crippen molar-refractivity contribution < 1.29 is 17.6 Å². The van der Waals surface area contributed by atoms with Crippen LogP contribution in [0.2, 0.25) is 5.02 Å². The van der Waals surface area contributed by atoms with Gasteiger partial charge in [0.1, 0.15) is 5.82 Å². The van der Waals surface area contributed by atoms with Crippen LogP contribution >= 0.6 is 11.6 Å². The number of amides is 1. The molecule has 3 rings (SSSR count). The molecule has 8 heteroatoms. The van der Waals surface area contributed by atoms with Gasteiger partial charge in [0.25, 0.3) is 10.0 Å². The van der Waals surface area contributed by atoms with Crippen LogP contribution in [0.25, 0.3) is 0 Å². The number of anilines is 2. The van der Waals surface area contributed by atoms with E-state index in [-0.39, 0.29) is 21.5 Å². The monoisotopic (exact) mass is 368 g/mol. The highest BCUT2D eigenvalue weighted by molar-refractivity contribution is 7.92. The van der Waals surface area contributed by atoms with Crippen molar-refractivity contribution in [1.82, 2.24) is 0 Å². The smallest absolute Gasteiger partial charge is 0.261 e. The van der Waals surface area contributed by atoms with E-state index >= 15 is 0 Å². The van der Waals surface area contributed by atoms with Crippen LogP contribution in [0.5, 0.6) is 0 Å². The van der Waals surface area contributed by atoms with Gasteiger partial charge >= 0.3 is 0 Å². The number of rotatable bonds is 3. The Bertz CT molecular complexity index is 946. The number of hydrogen-bond acceptors (Lipinski definition) is 3. The maximum Gasteiger partial charge on any atom is 0.261 e. The Labute approximate surface area is 144 Å². The number of nitrogens with zero attached hydrogens (tertiary/aromatic N) is 1. The highest BCUT2D eigenvalue weighted by Gasteiger charge is 2.32. The van der Waals surface area contributed by atoms with E-state index in [1.807, 2.05) is 0 Å². The molecule has 0 bridgehead atoms. The maximum absolute atomic E-state index is 13.2. The Balaban J connectivity index is 1.96. The largest absolute Gasteiger partial charge is 0.315 e. The number of halogens is 2. The maximum atomic E-state index is 13.2. The molecule has 0 saturated carbocycles. The van der Waals surface area contributed by atoms with Crippen LogP contribution in [0.1, 0.15) is 18.4 Å². The van der Waals surface area contributed by atoms with Gasteiger partial charge in [-0.05, 0) is 48.9 Å². The molecule has 1 amide bonds. The fourth-order valence-corrected chi connectivity index (χ4v) is 3.93. The molecule has 5 nitrogen and oxygen atoms in total. The Kier molecular flexibility index (Phi) is 4.01. The Hall–Kier alpha value is -2.12. The molecule has 0 fully saturated rings. The van der Waals surface area contributed by atoms with Crippen LogP contribution in [0.4, 0.5) is 15.8 Å². The second-order valence-corrected chi connectivity index (χ2v) is 7.66. The van der Waals surface area contributed by atoms with E-state index in [2.05, 4.69) is 4.72 Å². The van der Waals surface area contributed by atoms with Gasteiger partial charge in [0.15, 0.2) is 0 Å². The van der Waals surface area contributed by atoms with Gasteiger partial charge in [-0.1, -0.05) is 11.6 Å². The molecule has 1 aliphatic rings. The van der Waals surface area contributed by atoms with Crippen LogP contribution in [0.3, 0.4) is 0 Å². The Morgan fingerprint density at radius 3 is 2.58 bits per heavy atom. The number of carbonyl (C=O) groups excluding carboxylic acids is 1. The van der Waals surface area contributed by atoms with Gasteiger partial charge in [0.05, 0.1) is 21.5 Å². The van der Waals surface area contributed by atoms with Crippen LogP contribution in [0.15, 0.2) is 41.3 Å². The molecule has 0 saturated heterocycles. The van der Waals surface area contributed by atoms with Gasteiger partial charge in [-0.25, -0.2) is 12.8 Å². The zero-order chi connectivity index (χ0) is 17.6. The molecule has 0 aliphatic carbocycles. The lowest BCUT2D eigenvalue weighted by atomic mass is 10.0. The van der Waals surface area contributed by atoms with Crippen molar-refractivity contribution in [2.24, 2.45) is 0 Å². The summed E-state index contributed by atoms with van der Waals surface area (Å²) in [4.78, 5) is 13.5. The lowest BCUT2D eigenvalue weighted by Crippen LogP contribution is -2.22. The van der Waals surface area contributed by atoms with Gasteiger partial charge in [0, 0.05) is 12.7 Å². The van der Waals surface area contributed by atoms with E-state index < -0.39 is 21.8 Å².